The summed E-state index contributed by atoms with van der Waals surface area (Å²) >= 11 is 0. The van der Waals surface area contributed by atoms with Crippen molar-refractivity contribution in [3.63, 3.8) is 0 Å². The Morgan fingerprint density at radius 3 is 2.62 bits per heavy atom. The van der Waals surface area contributed by atoms with Crippen molar-refractivity contribution in [1.82, 2.24) is 14.8 Å². The summed E-state index contributed by atoms with van der Waals surface area (Å²) in [5.74, 6) is 1.31. The van der Waals surface area contributed by atoms with E-state index in [1.165, 1.54) is 4.68 Å². The van der Waals surface area contributed by atoms with Crippen molar-refractivity contribution in [2.24, 2.45) is 0 Å². The molecule has 148 valence electrons. The number of benzene rings is 2. The van der Waals surface area contributed by atoms with Crippen molar-refractivity contribution in [3.05, 3.63) is 48.5 Å². The van der Waals surface area contributed by atoms with Gasteiger partial charge in [-0.15, -0.1) is 5.10 Å². The van der Waals surface area contributed by atoms with Crippen LogP contribution in [0.15, 0.2) is 48.5 Å². The van der Waals surface area contributed by atoms with Crippen LogP contribution in [0.5, 0.6) is 11.5 Å². The first-order valence-electron chi connectivity index (χ1n) is 8.93. The van der Waals surface area contributed by atoms with Crippen molar-refractivity contribution in [2.75, 3.05) is 24.9 Å². The van der Waals surface area contributed by atoms with Crippen molar-refractivity contribution in [1.29, 1.82) is 0 Å². The Labute approximate surface area is 166 Å². The van der Waals surface area contributed by atoms with Crippen LogP contribution in [-0.2, 0) is 9.59 Å². The van der Waals surface area contributed by atoms with E-state index in [4.69, 9.17) is 9.47 Å². The molecule has 0 saturated heterocycles. The first-order chi connectivity index (χ1) is 14.1. The zero-order chi connectivity index (χ0) is 20.4. The van der Waals surface area contributed by atoms with E-state index in [9.17, 15) is 9.59 Å². The Morgan fingerprint density at radius 2 is 1.90 bits per heavy atom. The Kier molecular flexibility index (Phi) is 4.86. The molecule has 3 aromatic rings. The first kappa shape index (κ1) is 18.5. The lowest BCUT2D eigenvalue weighted by atomic mass is 10.1. The molecule has 2 aromatic carbocycles. The lowest BCUT2D eigenvalue weighted by Gasteiger charge is -2.22. The zero-order valence-electron chi connectivity index (χ0n) is 15.9. The molecule has 0 saturated carbocycles. The van der Waals surface area contributed by atoms with Crippen molar-refractivity contribution < 1.29 is 19.1 Å². The number of nitrogens with one attached hydrogen (secondary N) is 2. The molecule has 0 unspecified atom stereocenters. The number of nitrogens with zero attached hydrogens (tertiary/aromatic N) is 3. The van der Waals surface area contributed by atoms with Gasteiger partial charge in [0.25, 0.3) is 0 Å². The molecule has 2 N–H and O–H groups in total. The van der Waals surface area contributed by atoms with Crippen LogP contribution in [0.3, 0.4) is 0 Å². The van der Waals surface area contributed by atoms with Gasteiger partial charge >= 0.3 is 0 Å². The van der Waals surface area contributed by atoms with Crippen LogP contribution in [0.4, 0.5) is 11.6 Å². The molecule has 0 fully saturated rings. The van der Waals surface area contributed by atoms with Gasteiger partial charge in [0, 0.05) is 17.3 Å². The minimum atomic E-state index is -0.815. The minimum absolute atomic E-state index is 0.0335. The largest absolute Gasteiger partial charge is 0.497 e. The Hall–Kier alpha value is -3.88. The van der Waals surface area contributed by atoms with E-state index in [2.05, 4.69) is 20.7 Å². The highest BCUT2D eigenvalue weighted by molar-refractivity contribution is 6.00. The molecular weight excluding hydrogens is 374 g/mol. The SMILES string of the molecule is COc1ccc(-c2nc3n(n2)[C@H](C(=O)Nc2cccc(OC)c2)CC(=O)N3)cc1. The third-order valence-corrected chi connectivity index (χ3v) is 4.54. The summed E-state index contributed by atoms with van der Waals surface area (Å²) < 4.78 is 11.8. The molecule has 4 rings (SSSR count). The Bertz CT molecular complexity index is 1060. The average molecular weight is 393 g/mol. The quantitative estimate of drug-likeness (QED) is 0.690. The highest BCUT2D eigenvalue weighted by atomic mass is 16.5. The van der Waals surface area contributed by atoms with Crippen LogP contribution < -0.4 is 20.1 Å². The van der Waals surface area contributed by atoms with Gasteiger partial charge < -0.3 is 14.8 Å². The number of aromatic nitrogens is 3. The molecule has 29 heavy (non-hydrogen) atoms. The second kappa shape index (κ2) is 7.63. The molecule has 1 aliphatic rings. The van der Waals surface area contributed by atoms with Crippen LogP contribution in [0.25, 0.3) is 11.4 Å². The molecule has 1 aliphatic heterocycles. The van der Waals surface area contributed by atoms with Gasteiger partial charge in [0.1, 0.15) is 17.5 Å². The maximum Gasteiger partial charge on any atom is 0.249 e. The summed E-state index contributed by atoms with van der Waals surface area (Å²) in [4.78, 5) is 29.4. The number of hydrogen-bond acceptors (Lipinski definition) is 6. The number of fused-ring (bicyclic) bond motifs is 1. The topological polar surface area (TPSA) is 107 Å². The number of anilines is 2. The van der Waals surface area contributed by atoms with Crippen LogP contribution in [0, 0.1) is 0 Å². The van der Waals surface area contributed by atoms with E-state index >= 15 is 0 Å². The lowest BCUT2D eigenvalue weighted by molar-refractivity contribution is -0.125. The van der Waals surface area contributed by atoms with Gasteiger partial charge in [0.05, 0.1) is 20.6 Å². The predicted octanol–water partition coefficient (Wildman–Crippen LogP) is 2.48. The molecule has 0 bridgehead atoms. The highest BCUT2D eigenvalue weighted by Crippen LogP contribution is 2.28. The van der Waals surface area contributed by atoms with Gasteiger partial charge in [0.15, 0.2) is 5.82 Å². The first-order valence-corrected chi connectivity index (χ1v) is 8.93. The molecule has 0 spiro atoms. The summed E-state index contributed by atoms with van der Waals surface area (Å²) in [6.45, 7) is 0. The molecule has 0 aliphatic carbocycles. The number of amides is 2. The Morgan fingerprint density at radius 1 is 1.14 bits per heavy atom. The van der Waals surface area contributed by atoms with E-state index in [1.54, 1.807) is 50.6 Å². The molecule has 2 heterocycles. The maximum absolute atomic E-state index is 12.9. The molecule has 9 heteroatoms. The van der Waals surface area contributed by atoms with Gasteiger partial charge in [-0.25, -0.2) is 4.68 Å². The normalized spacial score (nSPS) is 15.2. The summed E-state index contributed by atoms with van der Waals surface area (Å²) in [6, 6.07) is 13.4. The van der Waals surface area contributed by atoms with Crippen LogP contribution in [0.2, 0.25) is 0 Å². The van der Waals surface area contributed by atoms with Crippen molar-refractivity contribution in [2.45, 2.75) is 12.5 Å². The summed E-state index contributed by atoms with van der Waals surface area (Å²) in [6.07, 6.45) is -0.0335. The third-order valence-electron chi connectivity index (χ3n) is 4.54. The van der Waals surface area contributed by atoms with Crippen molar-refractivity contribution >= 4 is 23.5 Å². The lowest BCUT2D eigenvalue weighted by Crippen LogP contribution is -2.36. The second-order valence-corrected chi connectivity index (χ2v) is 6.42. The van der Waals surface area contributed by atoms with E-state index < -0.39 is 6.04 Å². The molecule has 9 nitrogen and oxygen atoms in total. The fraction of sp³-hybridized carbons (Fsp3) is 0.200. The minimum Gasteiger partial charge on any atom is -0.497 e. The van der Waals surface area contributed by atoms with Crippen molar-refractivity contribution in [3.8, 4) is 22.9 Å². The van der Waals surface area contributed by atoms with Crippen LogP contribution in [-0.4, -0.2) is 40.8 Å². The Balaban J connectivity index is 1.61. The van der Waals surface area contributed by atoms with E-state index in [0.29, 0.717) is 23.0 Å². The van der Waals surface area contributed by atoms with Gasteiger partial charge in [-0.2, -0.15) is 4.98 Å². The van der Waals surface area contributed by atoms with Gasteiger partial charge in [-0.3, -0.25) is 14.9 Å². The number of carbonyl (C=O) groups is 2. The molecule has 0 radical (unpaired) electrons. The van der Waals surface area contributed by atoms with Gasteiger partial charge in [-0.1, -0.05) is 6.07 Å². The van der Waals surface area contributed by atoms with E-state index in [0.717, 1.165) is 5.56 Å². The summed E-state index contributed by atoms with van der Waals surface area (Å²) in [7, 11) is 3.14. The van der Waals surface area contributed by atoms with E-state index in [1.807, 2.05) is 12.1 Å². The number of rotatable bonds is 5. The molecular formula is C20H19N5O4. The number of hydrogen-bond donors (Lipinski definition) is 2. The van der Waals surface area contributed by atoms with Gasteiger partial charge in [0.2, 0.25) is 17.8 Å². The number of ether oxygens (including phenoxy) is 2. The smallest absolute Gasteiger partial charge is 0.249 e. The standard InChI is InChI=1S/C20H19N5O4/c1-28-14-8-6-12(7-9-14)18-23-20-22-17(26)11-16(25(20)24-18)19(27)21-13-4-3-5-15(10-13)29-2/h3-10,16H,11H2,1-2H3,(H,21,27)(H,22,23,24,26)/t16-/m0/s1. The molecule has 1 atom stereocenters. The van der Waals surface area contributed by atoms with Gasteiger partial charge in [-0.05, 0) is 36.4 Å². The fourth-order valence-corrected chi connectivity index (χ4v) is 3.06. The van der Waals surface area contributed by atoms with Crippen LogP contribution >= 0.6 is 0 Å². The zero-order valence-corrected chi connectivity index (χ0v) is 15.9. The molecule has 1 aromatic heterocycles. The number of carbonyl (C=O) groups excluding carboxylic acids is 2. The molecule has 2 amide bonds. The average Bonchev–Trinajstić information content (AvgIpc) is 3.17. The second-order valence-electron chi connectivity index (χ2n) is 6.42. The number of methoxy groups -OCH3 is 2. The highest BCUT2D eigenvalue weighted by Gasteiger charge is 2.33. The third kappa shape index (κ3) is 3.75. The predicted molar refractivity (Wildman–Crippen MR) is 106 cm³/mol. The summed E-state index contributed by atoms with van der Waals surface area (Å²) in [5, 5.41) is 9.93. The van der Waals surface area contributed by atoms with Crippen LogP contribution in [0.1, 0.15) is 12.5 Å². The summed E-state index contributed by atoms with van der Waals surface area (Å²) in [5.41, 5.74) is 1.31. The van der Waals surface area contributed by atoms with E-state index in [-0.39, 0.29) is 24.2 Å². The monoisotopic (exact) mass is 393 g/mol. The fourth-order valence-electron chi connectivity index (χ4n) is 3.06. The maximum atomic E-state index is 12.9.